The summed E-state index contributed by atoms with van der Waals surface area (Å²) in [5.41, 5.74) is 1.79. The van der Waals surface area contributed by atoms with E-state index in [4.69, 9.17) is 9.47 Å². The summed E-state index contributed by atoms with van der Waals surface area (Å²) in [5, 5.41) is 5.49. The molecule has 1 aliphatic carbocycles. The Balaban J connectivity index is 1.52. The van der Waals surface area contributed by atoms with Crippen LogP contribution in [-0.2, 0) is 4.79 Å². The van der Waals surface area contributed by atoms with E-state index in [0.29, 0.717) is 24.3 Å². The minimum Gasteiger partial charge on any atom is -0.486 e. The van der Waals surface area contributed by atoms with Crippen molar-refractivity contribution in [2.45, 2.75) is 13.3 Å². The molecular formula is C16H16N2O3S. The first-order chi connectivity index (χ1) is 10.7. The SMILES string of the molecule is C[C@H]1C[C@H]1C(=O)Nc1nc(-c2ccc3c(c2)OCCO3)cs1. The molecule has 4 rings (SSSR count). The van der Waals surface area contributed by atoms with E-state index in [1.54, 1.807) is 0 Å². The van der Waals surface area contributed by atoms with Gasteiger partial charge in [-0.15, -0.1) is 11.3 Å². The normalized spacial score (nSPS) is 22.2. The van der Waals surface area contributed by atoms with Gasteiger partial charge in [-0.1, -0.05) is 6.92 Å². The number of carbonyl (C=O) groups is 1. The first-order valence-corrected chi connectivity index (χ1v) is 8.25. The van der Waals surface area contributed by atoms with E-state index in [0.717, 1.165) is 29.2 Å². The molecule has 1 saturated carbocycles. The van der Waals surface area contributed by atoms with E-state index in [9.17, 15) is 4.79 Å². The second kappa shape index (κ2) is 5.28. The smallest absolute Gasteiger partial charge is 0.229 e. The van der Waals surface area contributed by atoms with E-state index >= 15 is 0 Å². The van der Waals surface area contributed by atoms with Crippen molar-refractivity contribution >= 4 is 22.4 Å². The third-order valence-corrected chi connectivity index (χ3v) is 4.78. The fraction of sp³-hybridized carbons (Fsp3) is 0.375. The number of aromatic nitrogens is 1. The molecule has 1 fully saturated rings. The van der Waals surface area contributed by atoms with E-state index in [-0.39, 0.29) is 11.8 Å². The van der Waals surface area contributed by atoms with Crippen molar-refractivity contribution in [3.8, 4) is 22.8 Å². The Bertz CT molecular complexity index is 728. The van der Waals surface area contributed by atoms with Crippen LogP contribution < -0.4 is 14.8 Å². The molecule has 2 heterocycles. The predicted molar refractivity (Wildman–Crippen MR) is 84.4 cm³/mol. The standard InChI is InChI=1S/C16H16N2O3S/c1-9-6-11(9)15(19)18-16-17-12(8-22-16)10-2-3-13-14(7-10)21-5-4-20-13/h2-3,7-9,11H,4-6H2,1H3,(H,17,18,19)/t9-,11+/m0/s1. The minimum absolute atomic E-state index is 0.0792. The van der Waals surface area contributed by atoms with E-state index < -0.39 is 0 Å². The van der Waals surface area contributed by atoms with Crippen molar-refractivity contribution in [3.05, 3.63) is 23.6 Å². The number of nitrogens with zero attached hydrogens (tertiary/aromatic N) is 1. The Morgan fingerprint density at radius 3 is 2.86 bits per heavy atom. The molecule has 5 nitrogen and oxygen atoms in total. The first kappa shape index (κ1) is 13.6. The number of hydrogen-bond donors (Lipinski definition) is 1. The molecule has 6 heteroatoms. The van der Waals surface area contributed by atoms with Gasteiger partial charge in [-0.3, -0.25) is 4.79 Å². The number of rotatable bonds is 3. The monoisotopic (exact) mass is 316 g/mol. The Hall–Kier alpha value is -2.08. The average molecular weight is 316 g/mol. The number of nitrogens with one attached hydrogen (secondary N) is 1. The summed E-state index contributed by atoms with van der Waals surface area (Å²) in [7, 11) is 0. The molecular weight excluding hydrogens is 300 g/mol. The summed E-state index contributed by atoms with van der Waals surface area (Å²) in [4.78, 5) is 16.4. The summed E-state index contributed by atoms with van der Waals surface area (Å²) < 4.78 is 11.1. The number of amides is 1. The maximum atomic E-state index is 11.9. The number of fused-ring (bicyclic) bond motifs is 1. The summed E-state index contributed by atoms with van der Waals surface area (Å²) in [6.45, 7) is 3.24. The third kappa shape index (κ3) is 2.54. The van der Waals surface area contributed by atoms with Gasteiger partial charge in [0.2, 0.25) is 5.91 Å². The van der Waals surface area contributed by atoms with Crippen LogP contribution in [0.15, 0.2) is 23.6 Å². The Kier molecular flexibility index (Phi) is 3.26. The van der Waals surface area contributed by atoms with Gasteiger partial charge in [0.15, 0.2) is 16.6 Å². The number of hydrogen-bond acceptors (Lipinski definition) is 5. The highest BCUT2D eigenvalue weighted by atomic mass is 32.1. The van der Waals surface area contributed by atoms with Crippen molar-refractivity contribution in [2.75, 3.05) is 18.5 Å². The van der Waals surface area contributed by atoms with E-state index in [1.165, 1.54) is 11.3 Å². The van der Waals surface area contributed by atoms with Gasteiger partial charge < -0.3 is 14.8 Å². The van der Waals surface area contributed by atoms with E-state index in [1.807, 2.05) is 23.6 Å². The lowest BCUT2D eigenvalue weighted by Crippen LogP contribution is -2.15. The summed E-state index contributed by atoms with van der Waals surface area (Å²) >= 11 is 1.44. The maximum absolute atomic E-state index is 11.9. The molecule has 2 aromatic rings. The molecule has 1 aromatic carbocycles. The highest BCUT2D eigenvalue weighted by Gasteiger charge is 2.39. The molecule has 2 atom stereocenters. The highest BCUT2D eigenvalue weighted by molar-refractivity contribution is 7.14. The largest absolute Gasteiger partial charge is 0.486 e. The number of carbonyl (C=O) groups excluding carboxylic acids is 1. The second-order valence-electron chi connectivity index (χ2n) is 5.71. The molecule has 1 aromatic heterocycles. The van der Waals surface area contributed by atoms with Crippen LogP contribution in [0.2, 0.25) is 0 Å². The average Bonchev–Trinajstić information content (AvgIpc) is 3.09. The summed E-state index contributed by atoms with van der Waals surface area (Å²) in [6, 6.07) is 5.78. The van der Waals surface area contributed by atoms with Gasteiger partial charge >= 0.3 is 0 Å². The van der Waals surface area contributed by atoms with Gasteiger partial charge in [-0.2, -0.15) is 0 Å². The van der Waals surface area contributed by atoms with Gasteiger partial charge in [-0.05, 0) is 30.5 Å². The number of anilines is 1. The number of benzene rings is 1. The molecule has 1 amide bonds. The van der Waals surface area contributed by atoms with Crippen LogP contribution in [0.4, 0.5) is 5.13 Å². The van der Waals surface area contributed by atoms with Crippen molar-refractivity contribution in [1.29, 1.82) is 0 Å². The van der Waals surface area contributed by atoms with Gasteiger partial charge in [0.1, 0.15) is 13.2 Å². The molecule has 2 aliphatic rings. The highest BCUT2D eigenvalue weighted by Crippen LogP contribution is 2.39. The van der Waals surface area contributed by atoms with Crippen molar-refractivity contribution < 1.29 is 14.3 Å². The summed E-state index contributed by atoms with van der Waals surface area (Å²) in [6.07, 6.45) is 0.978. The first-order valence-electron chi connectivity index (χ1n) is 7.37. The van der Waals surface area contributed by atoms with Gasteiger partial charge in [-0.25, -0.2) is 4.98 Å². The van der Waals surface area contributed by atoms with Crippen LogP contribution in [0, 0.1) is 11.8 Å². The molecule has 0 radical (unpaired) electrons. The lowest BCUT2D eigenvalue weighted by Gasteiger charge is -2.18. The molecule has 1 N–H and O–H groups in total. The van der Waals surface area contributed by atoms with Crippen LogP contribution in [0.3, 0.4) is 0 Å². The molecule has 0 bridgehead atoms. The van der Waals surface area contributed by atoms with Gasteiger partial charge in [0.25, 0.3) is 0 Å². The maximum Gasteiger partial charge on any atom is 0.229 e. The Labute approximate surface area is 132 Å². The number of ether oxygens (including phenoxy) is 2. The Morgan fingerprint density at radius 1 is 1.32 bits per heavy atom. The third-order valence-electron chi connectivity index (χ3n) is 4.02. The topological polar surface area (TPSA) is 60.5 Å². The molecule has 114 valence electrons. The fourth-order valence-corrected chi connectivity index (χ4v) is 3.27. The summed E-state index contributed by atoms with van der Waals surface area (Å²) in [5.74, 6) is 2.24. The lowest BCUT2D eigenvalue weighted by atomic mass is 10.1. The number of thiazole rings is 1. The van der Waals surface area contributed by atoms with Crippen molar-refractivity contribution in [3.63, 3.8) is 0 Å². The lowest BCUT2D eigenvalue weighted by molar-refractivity contribution is -0.117. The molecule has 22 heavy (non-hydrogen) atoms. The zero-order valence-electron chi connectivity index (χ0n) is 12.2. The van der Waals surface area contributed by atoms with E-state index in [2.05, 4.69) is 17.2 Å². The van der Waals surface area contributed by atoms with Crippen LogP contribution in [-0.4, -0.2) is 24.1 Å². The second-order valence-corrected chi connectivity index (χ2v) is 6.56. The fourth-order valence-electron chi connectivity index (χ4n) is 2.55. The quantitative estimate of drug-likeness (QED) is 0.945. The van der Waals surface area contributed by atoms with Crippen LogP contribution in [0.25, 0.3) is 11.3 Å². The van der Waals surface area contributed by atoms with Crippen LogP contribution in [0.1, 0.15) is 13.3 Å². The zero-order chi connectivity index (χ0) is 15.1. The molecule has 1 aliphatic heterocycles. The van der Waals surface area contributed by atoms with Crippen LogP contribution in [0.5, 0.6) is 11.5 Å². The van der Waals surface area contributed by atoms with Crippen LogP contribution >= 0.6 is 11.3 Å². The molecule has 0 unspecified atom stereocenters. The van der Waals surface area contributed by atoms with Crippen molar-refractivity contribution in [2.24, 2.45) is 11.8 Å². The molecule has 0 saturated heterocycles. The minimum atomic E-state index is 0.0792. The predicted octanol–water partition coefficient (Wildman–Crippen LogP) is 3.18. The van der Waals surface area contributed by atoms with Crippen molar-refractivity contribution in [1.82, 2.24) is 4.98 Å². The Morgan fingerprint density at radius 2 is 2.09 bits per heavy atom. The van der Waals surface area contributed by atoms with Gasteiger partial charge in [0, 0.05) is 16.9 Å². The zero-order valence-corrected chi connectivity index (χ0v) is 13.0. The molecule has 0 spiro atoms. The van der Waals surface area contributed by atoms with Gasteiger partial charge in [0.05, 0.1) is 5.69 Å².